The summed E-state index contributed by atoms with van der Waals surface area (Å²) in [6.07, 6.45) is 1.98. The van der Waals surface area contributed by atoms with Crippen molar-refractivity contribution in [3.8, 4) is 0 Å². The van der Waals surface area contributed by atoms with Gasteiger partial charge in [-0.15, -0.1) is 0 Å². The number of benzene rings is 4. The van der Waals surface area contributed by atoms with Crippen molar-refractivity contribution in [1.82, 2.24) is 9.97 Å². The standard InChI is InChI=1S/C18H15Ge.C14H12N2.C6H8O4.ClH.Pt/c1-4-10-16(11-5-1)19(17-12-6-2-7-13-17)18-14-8-3-9-15-18;1-9-3-5-11-7-8-12-6-4-10(2)16-14(12)13(11)15-9;1-9-5(7)3-4-6(8)10-2;;/h1-15H;3-8H,1-2H3;3-4H,1-2H3;1H;/q;;;;+1/p-1. The number of esters is 2. The third-order valence-electron chi connectivity index (χ3n) is 6.74. The predicted molar refractivity (Wildman–Crippen MR) is 189 cm³/mol. The first-order valence-corrected chi connectivity index (χ1v) is 20.5. The summed E-state index contributed by atoms with van der Waals surface area (Å²) in [4.78, 5) is 29.8. The van der Waals surface area contributed by atoms with Crippen molar-refractivity contribution < 1.29 is 37.8 Å². The van der Waals surface area contributed by atoms with Crippen LogP contribution in [0.2, 0.25) is 0 Å². The molecule has 2 heterocycles. The zero-order valence-corrected chi connectivity index (χ0v) is 31.6. The summed E-state index contributed by atoms with van der Waals surface area (Å²) in [5.41, 5.74) is 4.06. The number of methoxy groups -OCH3 is 2. The molecule has 3 radical (unpaired) electrons. The summed E-state index contributed by atoms with van der Waals surface area (Å²) in [7, 11) is 7.06. The molecule has 0 spiro atoms. The van der Waals surface area contributed by atoms with E-state index in [0.29, 0.717) is 0 Å². The molecule has 0 N–H and O–H groups in total. The van der Waals surface area contributed by atoms with Gasteiger partial charge in [0.05, 0.1) is 38.1 Å². The van der Waals surface area contributed by atoms with E-state index in [4.69, 9.17) is 0 Å². The van der Waals surface area contributed by atoms with Crippen molar-refractivity contribution in [2.75, 3.05) is 14.2 Å². The van der Waals surface area contributed by atoms with Crippen LogP contribution in [0.4, 0.5) is 0 Å². The van der Waals surface area contributed by atoms with Crippen LogP contribution in [0.15, 0.2) is 127 Å². The Balaban J connectivity index is 0.000000196. The molecule has 0 fully saturated rings. The van der Waals surface area contributed by atoms with Gasteiger partial charge in [0.15, 0.2) is 0 Å². The van der Waals surface area contributed by atoms with E-state index in [9.17, 15) is 9.59 Å². The predicted octanol–water partition coefficient (Wildman–Crippen LogP) is 6.03. The molecule has 0 aliphatic heterocycles. The van der Waals surface area contributed by atoms with Gasteiger partial charge in [-0.05, 0) is 26.0 Å². The van der Waals surface area contributed by atoms with Gasteiger partial charge in [-0.2, -0.15) is 0 Å². The number of hydrogen-bond acceptors (Lipinski definition) is 6. The van der Waals surface area contributed by atoms with Crippen LogP contribution < -0.4 is 13.2 Å². The van der Waals surface area contributed by atoms with Gasteiger partial charge in [0, 0.05) is 22.2 Å². The first-order valence-electron chi connectivity index (χ1n) is 14.5. The van der Waals surface area contributed by atoms with E-state index < -0.39 is 26.3 Å². The molecule has 0 bridgehead atoms. The van der Waals surface area contributed by atoms with Crippen LogP contribution in [0.1, 0.15) is 11.4 Å². The number of nitrogens with zero attached hydrogens (tertiary/aromatic N) is 2. The molecule has 6 nitrogen and oxygen atoms in total. The Morgan fingerprint density at radius 2 is 0.851 bits per heavy atom. The van der Waals surface area contributed by atoms with Crippen LogP contribution in [-0.2, 0) is 37.8 Å². The van der Waals surface area contributed by atoms with Gasteiger partial charge < -0.3 is 9.47 Å². The second kappa shape index (κ2) is 20.4. The van der Waals surface area contributed by atoms with Crippen molar-refractivity contribution in [3.05, 3.63) is 152 Å². The number of hydrogen-bond donors (Lipinski definition) is 0. The number of carbonyl (C=O) groups excluding carboxylic acids is 2. The average molecular weight is 887 g/mol. The van der Waals surface area contributed by atoms with Gasteiger partial charge in [0.2, 0.25) is 0 Å². The molecule has 4 aromatic carbocycles. The Kier molecular flexibility index (Phi) is 16.3. The Labute approximate surface area is 296 Å². The van der Waals surface area contributed by atoms with E-state index >= 15 is 0 Å². The molecule has 0 saturated carbocycles. The van der Waals surface area contributed by atoms with Crippen molar-refractivity contribution >= 4 is 70.7 Å². The Morgan fingerprint density at radius 3 is 1.15 bits per heavy atom. The fourth-order valence-electron chi connectivity index (χ4n) is 4.55. The molecule has 0 atom stereocenters. The minimum atomic E-state index is -1.63. The average Bonchev–Trinajstić information content (AvgIpc) is 3.13. The van der Waals surface area contributed by atoms with Crippen molar-refractivity contribution in [1.29, 1.82) is 0 Å². The van der Waals surface area contributed by atoms with E-state index in [2.05, 4.69) is 144 Å². The Hall–Kier alpha value is -3.84. The van der Waals surface area contributed by atoms with Crippen LogP contribution in [0.25, 0.3) is 21.8 Å². The van der Waals surface area contributed by atoms with Gasteiger partial charge in [-0.3, -0.25) is 19.6 Å². The third-order valence-corrected chi connectivity index (χ3v) is 12.5. The van der Waals surface area contributed by atoms with Crippen LogP contribution in [-0.4, -0.2) is 50.5 Å². The third kappa shape index (κ3) is 11.7. The normalized spacial score (nSPS) is 10.0. The number of fused-ring (bicyclic) bond motifs is 3. The van der Waals surface area contributed by atoms with Crippen LogP contribution in [0.5, 0.6) is 0 Å². The second-order valence-corrected chi connectivity index (χ2v) is 15.2. The number of aryl methyl sites for hydroxylation is 2. The molecule has 242 valence electrons. The molecule has 2 aromatic heterocycles. The quantitative estimate of drug-likeness (QED) is 0.116. The summed E-state index contributed by atoms with van der Waals surface area (Å²) in [6, 6.07) is 45.3. The molecular formula is C38H35ClGeN2O4Pt. The summed E-state index contributed by atoms with van der Waals surface area (Å²) in [6.45, 7) is 4.02. The topological polar surface area (TPSA) is 78.4 Å². The zero-order chi connectivity index (χ0) is 34.0. The van der Waals surface area contributed by atoms with E-state index in [0.717, 1.165) is 46.0 Å². The van der Waals surface area contributed by atoms with Crippen LogP contribution >= 0.6 is 9.42 Å². The number of pyridine rings is 2. The molecule has 6 aromatic rings. The molecule has 0 unspecified atom stereocenters. The van der Waals surface area contributed by atoms with Crippen molar-refractivity contribution in [3.63, 3.8) is 0 Å². The van der Waals surface area contributed by atoms with E-state index in [1.165, 1.54) is 27.4 Å². The summed E-state index contributed by atoms with van der Waals surface area (Å²) < 4.78 is 12.9. The van der Waals surface area contributed by atoms with Gasteiger partial charge in [-0.25, -0.2) is 0 Å². The molecule has 9 heteroatoms. The van der Waals surface area contributed by atoms with Gasteiger partial charge in [0.1, 0.15) is 0 Å². The van der Waals surface area contributed by atoms with E-state index in [-0.39, 0.29) is 0 Å². The monoisotopic (exact) mass is 887 g/mol. The number of rotatable bonds is 6. The molecule has 0 aliphatic rings. The van der Waals surface area contributed by atoms with Gasteiger partial charge in [0.25, 0.3) is 0 Å². The molecule has 0 aliphatic carbocycles. The van der Waals surface area contributed by atoms with Gasteiger partial charge >= 0.3 is 159 Å². The zero-order valence-electron chi connectivity index (χ0n) is 26.5. The van der Waals surface area contributed by atoms with Crippen molar-refractivity contribution in [2.24, 2.45) is 0 Å². The summed E-state index contributed by atoms with van der Waals surface area (Å²) in [5.74, 6) is -1.16. The Morgan fingerprint density at radius 1 is 0.553 bits per heavy atom. The summed E-state index contributed by atoms with van der Waals surface area (Å²) in [5, 5.41) is 2.30. The van der Waals surface area contributed by atoms with Crippen LogP contribution in [0.3, 0.4) is 0 Å². The number of carbonyl (C=O) groups is 2. The molecule has 47 heavy (non-hydrogen) atoms. The Bertz CT molecular complexity index is 1670. The van der Waals surface area contributed by atoms with E-state index in [1.54, 1.807) is 18.8 Å². The number of halogens is 1. The minimum absolute atomic E-state index is 0.578. The van der Waals surface area contributed by atoms with Gasteiger partial charge in [-0.1, -0.05) is 24.3 Å². The van der Waals surface area contributed by atoms with E-state index in [1.807, 2.05) is 26.0 Å². The maximum absolute atomic E-state index is 10.3. The first kappa shape index (κ1) is 37.6. The molecule has 0 amide bonds. The van der Waals surface area contributed by atoms with Crippen molar-refractivity contribution in [2.45, 2.75) is 13.8 Å². The second-order valence-electron chi connectivity index (χ2n) is 9.97. The fourth-order valence-corrected chi connectivity index (χ4v) is 9.96. The number of ether oxygens (including phenoxy) is 2. The summed E-state index contributed by atoms with van der Waals surface area (Å²) >= 11 is -0.0211. The molecule has 0 saturated heterocycles. The fraction of sp³-hybridized carbons (Fsp3) is 0.105. The SMILES string of the molecule is COC(=O)[CH][CH]C(=O)OC.Cc1ccc2ccc3ccc(C)nc3c2n1.[Cl][Pt].c1cc[c]([Ge]([c]2ccccc2)[c]2ccccc2)cc1. The maximum atomic E-state index is 10.3. The van der Waals surface area contributed by atoms with Crippen LogP contribution in [0, 0.1) is 26.7 Å². The number of aromatic nitrogens is 2. The molecule has 6 rings (SSSR count). The first-order chi connectivity index (χ1) is 22.9. The molecular weight excluding hydrogens is 852 g/mol.